The fourth-order valence-corrected chi connectivity index (χ4v) is 2.61. The van der Waals surface area contributed by atoms with Crippen LogP contribution in [0.25, 0.3) is 0 Å². The fraction of sp³-hybridized carbons (Fsp3) is 0.571. The molecule has 1 aliphatic rings. The van der Waals surface area contributed by atoms with Crippen LogP contribution in [-0.2, 0) is 12.8 Å². The van der Waals surface area contributed by atoms with Gasteiger partial charge in [0.2, 0.25) is 0 Å². The SMILES string of the molecule is CCC[C@H](CN)c1ccc2c(c1)CCC2. The first kappa shape index (κ1) is 10.7. The maximum absolute atomic E-state index is 5.84. The van der Waals surface area contributed by atoms with Crippen LogP contribution in [0, 0.1) is 0 Å². The molecule has 0 radical (unpaired) electrons. The number of hydrogen-bond acceptors (Lipinski definition) is 1. The van der Waals surface area contributed by atoms with Gasteiger partial charge >= 0.3 is 0 Å². The summed E-state index contributed by atoms with van der Waals surface area (Å²) in [4.78, 5) is 0. The molecule has 0 fully saturated rings. The minimum absolute atomic E-state index is 0.570. The van der Waals surface area contributed by atoms with Gasteiger partial charge in [-0.05, 0) is 54.8 Å². The zero-order valence-corrected chi connectivity index (χ0v) is 9.63. The van der Waals surface area contributed by atoms with Crippen molar-refractivity contribution in [1.82, 2.24) is 0 Å². The van der Waals surface area contributed by atoms with Crippen LogP contribution in [-0.4, -0.2) is 6.54 Å². The number of benzene rings is 1. The van der Waals surface area contributed by atoms with E-state index in [1.807, 2.05) is 0 Å². The predicted octanol–water partition coefficient (Wildman–Crippen LogP) is 3.02. The summed E-state index contributed by atoms with van der Waals surface area (Å²) in [5, 5.41) is 0. The molecule has 1 heteroatoms. The maximum atomic E-state index is 5.84. The van der Waals surface area contributed by atoms with Crippen molar-refractivity contribution in [2.45, 2.75) is 44.9 Å². The van der Waals surface area contributed by atoms with E-state index in [2.05, 4.69) is 25.1 Å². The second-order valence-corrected chi connectivity index (χ2v) is 4.60. The fourth-order valence-electron chi connectivity index (χ4n) is 2.61. The Morgan fingerprint density at radius 2 is 2.07 bits per heavy atom. The molecule has 2 rings (SSSR count). The smallest absolute Gasteiger partial charge is 0.000824 e. The van der Waals surface area contributed by atoms with Crippen LogP contribution in [0.2, 0.25) is 0 Å². The summed E-state index contributed by atoms with van der Waals surface area (Å²) in [6.07, 6.45) is 6.32. The first-order valence-electron chi connectivity index (χ1n) is 6.17. The van der Waals surface area contributed by atoms with Crippen LogP contribution < -0.4 is 5.73 Å². The molecule has 0 spiro atoms. The van der Waals surface area contributed by atoms with Crippen molar-refractivity contribution >= 4 is 0 Å². The van der Waals surface area contributed by atoms with E-state index in [-0.39, 0.29) is 0 Å². The van der Waals surface area contributed by atoms with Crippen LogP contribution >= 0.6 is 0 Å². The van der Waals surface area contributed by atoms with Gasteiger partial charge in [0.25, 0.3) is 0 Å². The Kier molecular flexibility index (Phi) is 3.42. The van der Waals surface area contributed by atoms with Crippen molar-refractivity contribution in [2.75, 3.05) is 6.54 Å². The molecule has 0 bridgehead atoms. The Morgan fingerprint density at radius 1 is 1.27 bits per heavy atom. The van der Waals surface area contributed by atoms with E-state index in [9.17, 15) is 0 Å². The molecule has 1 nitrogen and oxygen atoms in total. The van der Waals surface area contributed by atoms with Gasteiger partial charge < -0.3 is 5.73 Å². The maximum Gasteiger partial charge on any atom is -0.000824 e. The molecule has 1 atom stereocenters. The molecule has 1 aliphatic carbocycles. The van der Waals surface area contributed by atoms with E-state index < -0.39 is 0 Å². The molecule has 15 heavy (non-hydrogen) atoms. The first-order valence-corrected chi connectivity index (χ1v) is 6.17. The van der Waals surface area contributed by atoms with E-state index in [1.165, 1.54) is 37.7 Å². The molecule has 0 heterocycles. The van der Waals surface area contributed by atoms with E-state index in [1.54, 1.807) is 11.1 Å². The monoisotopic (exact) mass is 203 g/mol. The highest BCUT2D eigenvalue weighted by atomic mass is 14.5. The van der Waals surface area contributed by atoms with Crippen molar-refractivity contribution in [2.24, 2.45) is 5.73 Å². The molecule has 0 amide bonds. The molecule has 1 aromatic carbocycles. The Morgan fingerprint density at radius 3 is 2.80 bits per heavy atom. The Balaban J connectivity index is 2.20. The van der Waals surface area contributed by atoms with Crippen molar-refractivity contribution in [3.63, 3.8) is 0 Å². The summed E-state index contributed by atoms with van der Waals surface area (Å²) in [5.41, 5.74) is 10.4. The number of nitrogens with two attached hydrogens (primary N) is 1. The van der Waals surface area contributed by atoms with Crippen LogP contribution in [0.5, 0.6) is 0 Å². The Bertz CT molecular complexity index is 330. The van der Waals surface area contributed by atoms with Gasteiger partial charge in [-0.15, -0.1) is 0 Å². The quantitative estimate of drug-likeness (QED) is 0.799. The van der Waals surface area contributed by atoms with E-state index in [4.69, 9.17) is 5.73 Å². The van der Waals surface area contributed by atoms with Gasteiger partial charge in [0.05, 0.1) is 0 Å². The molecule has 0 saturated heterocycles. The molecule has 1 aromatic rings. The van der Waals surface area contributed by atoms with E-state index >= 15 is 0 Å². The average Bonchev–Trinajstić information content (AvgIpc) is 2.72. The normalized spacial score (nSPS) is 16.4. The minimum Gasteiger partial charge on any atom is -0.330 e. The lowest BCUT2D eigenvalue weighted by Gasteiger charge is -2.15. The summed E-state index contributed by atoms with van der Waals surface area (Å²) in [7, 11) is 0. The van der Waals surface area contributed by atoms with Gasteiger partial charge in [-0.2, -0.15) is 0 Å². The second-order valence-electron chi connectivity index (χ2n) is 4.60. The zero-order valence-electron chi connectivity index (χ0n) is 9.63. The lowest BCUT2D eigenvalue weighted by atomic mass is 9.92. The number of fused-ring (bicyclic) bond motifs is 1. The molecule has 0 aromatic heterocycles. The zero-order chi connectivity index (χ0) is 10.7. The Labute approximate surface area is 92.7 Å². The van der Waals surface area contributed by atoms with Gasteiger partial charge in [0.15, 0.2) is 0 Å². The van der Waals surface area contributed by atoms with Crippen LogP contribution in [0.15, 0.2) is 18.2 Å². The van der Waals surface area contributed by atoms with Gasteiger partial charge in [-0.3, -0.25) is 0 Å². The third kappa shape index (κ3) is 2.23. The third-order valence-corrected chi connectivity index (χ3v) is 3.52. The van der Waals surface area contributed by atoms with E-state index in [0.717, 1.165) is 6.54 Å². The van der Waals surface area contributed by atoms with Crippen molar-refractivity contribution < 1.29 is 0 Å². The molecular formula is C14H21N. The van der Waals surface area contributed by atoms with Gasteiger partial charge in [0, 0.05) is 0 Å². The molecule has 2 N–H and O–H groups in total. The summed E-state index contributed by atoms with van der Waals surface area (Å²) in [6, 6.07) is 7.00. The topological polar surface area (TPSA) is 26.0 Å². The Hall–Kier alpha value is -0.820. The highest BCUT2D eigenvalue weighted by Crippen LogP contribution is 2.27. The number of rotatable bonds is 4. The molecule has 0 unspecified atom stereocenters. The lowest BCUT2D eigenvalue weighted by molar-refractivity contribution is 0.622. The standard InChI is InChI=1S/C14H21N/c1-2-4-14(10-15)13-8-7-11-5-3-6-12(11)9-13/h7-9,14H,2-6,10,15H2,1H3/t14-/m1/s1. The average molecular weight is 203 g/mol. The van der Waals surface area contributed by atoms with Crippen molar-refractivity contribution in [3.05, 3.63) is 34.9 Å². The van der Waals surface area contributed by atoms with Crippen molar-refractivity contribution in [3.8, 4) is 0 Å². The second kappa shape index (κ2) is 4.80. The third-order valence-electron chi connectivity index (χ3n) is 3.52. The van der Waals surface area contributed by atoms with Gasteiger partial charge in [-0.1, -0.05) is 31.5 Å². The summed E-state index contributed by atoms with van der Waals surface area (Å²) < 4.78 is 0. The highest BCUT2D eigenvalue weighted by molar-refractivity contribution is 5.36. The van der Waals surface area contributed by atoms with Crippen LogP contribution in [0.4, 0.5) is 0 Å². The predicted molar refractivity (Wildman–Crippen MR) is 65.2 cm³/mol. The number of hydrogen-bond donors (Lipinski definition) is 1. The summed E-state index contributed by atoms with van der Waals surface area (Å²) in [5.74, 6) is 0.570. The molecule has 82 valence electrons. The van der Waals surface area contributed by atoms with Gasteiger partial charge in [0.1, 0.15) is 0 Å². The molecular weight excluding hydrogens is 182 g/mol. The van der Waals surface area contributed by atoms with Crippen LogP contribution in [0.3, 0.4) is 0 Å². The summed E-state index contributed by atoms with van der Waals surface area (Å²) in [6.45, 7) is 3.02. The summed E-state index contributed by atoms with van der Waals surface area (Å²) >= 11 is 0. The molecule has 0 aliphatic heterocycles. The van der Waals surface area contributed by atoms with Crippen LogP contribution in [0.1, 0.15) is 48.8 Å². The minimum atomic E-state index is 0.570. The first-order chi connectivity index (χ1) is 7.35. The highest BCUT2D eigenvalue weighted by Gasteiger charge is 2.14. The van der Waals surface area contributed by atoms with Gasteiger partial charge in [-0.25, -0.2) is 0 Å². The van der Waals surface area contributed by atoms with Crippen molar-refractivity contribution in [1.29, 1.82) is 0 Å². The largest absolute Gasteiger partial charge is 0.330 e. The molecule has 0 saturated carbocycles. The lowest BCUT2D eigenvalue weighted by Crippen LogP contribution is -2.12. The van der Waals surface area contributed by atoms with E-state index in [0.29, 0.717) is 5.92 Å². The number of aryl methyl sites for hydroxylation is 2.